The van der Waals surface area contributed by atoms with Gasteiger partial charge in [0.2, 0.25) is 4.96 Å². The van der Waals surface area contributed by atoms with E-state index in [4.69, 9.17) is 4.98 Å². The molecule has 0 radical (unpaired) electrons. The molecule has 0 fully saturated rings. The molecule has 0 aliphatic heterocycles. The molecule has 0 aliphatic rings. The molecule has 3 aromatic heterocycles. The molecular formula is C17H16N4OS. The fraction of sp³-hybridized carbons (Fsp3) is 0.294. The van der Waals surface area contributed by atoms with E-state index < -0.39 is 0 Å². The van der Waals surface area contributed by atoms with Crippen LogP contribution in [0.1, 0.15) is 29.5 Å². The van der Waals surface area contributed by atoms with Crippen LogP contribution in [0, 0.1) is 13.8 Å². The number of aryl methyl sites for hydroxylation is 3. The summed E-state index contributed by atoms with van der Waals surface area (Å²) >= 11 is 1.49. The van der Waals surface area contributed by atoms with Crippen LogP contribution in [0.15, 0.2) is 23.1 Å². The highest BCUT2D eigenvalue weighted by atomic mass is 32.1. The summed E-state index contributed by atoms with van der Waals surface area (Å²) in [5, 5.41) is 6.80. The van der Waals surface area contributed by atoms with Gasteiger partial charge >= 0.3 is 0 Å². The molecule has 5 nitrogen and oxygen atoms in total. The monoisotopic (exact) mass is 324 g/mol. The van der Waals surface area contributed by atoms with Gasteiger partial charge in [-0.05, 0) is 31.9 Å². The molecule has 0 N–H and O–H groups in total. The summed E-state index contributed by atoms with van der Waals surface area (Å²) in [5.74, 6) is 0. The quantitative estimate of drug-likeness (QED) is 0.530. The van der Waals surface area contributed by atoms with Crippen LogP contribution in [0.3, 0.4) is 0 Å². The van der Waals surface area contributed by atoms with Gasteiger partial charge < -0.3 is 0 Å². The van der Waals surface area contributed by atoms with E-state index in [2.05, 4.69) is 29.1 Å². The first-order chi connectivity index (χ1) is 11.1. The van der Waals surface area contributed by atoms with Crippen molar-refractivity contribution in [2.24, 2.45) is 0 Å². The summed E-state index contributed by atoms with van der Waals surface area (Å²) in [5.41, 5.74) is 3.72. The molecule has 3 heterocycles. The molecule has 0 bridgehead atoms. The lowest BCUT2D eigenvalue weighted by Crippen LogP contribution is -2.15. The normalized spacial score (nSPS) is 11.8. The summed E-state index contributed by atoms with van der Waals surface area (Å²) in [7, 11) is 0. The fourth-order valence-corrected chi connectivity index (χ4v) is 3.96. The lowest BCUT2D eigenvalue weighted by atomic mass is 10.1. The Bertz CT molecular complexity index is 1130. The number of hydrogen-bond acceptors (Lipinski definition) is 5. The molecule has 0 unspecified atom stereocenters. The van der Waals surface area contributed by atoms with Gasteiger partial charge in [0, 0.05) is 18.0 Å². The average Bonchev–Trinajstić information content (AvgIpc) is 2.91. The van der Waals surface area contributed by atoms with Crippen LogP contribution in [0.4, 0.5) is 0 Å². The van der Waals surface area contributed by atoms with Gasteiger partial charge in [-0.25, -0.2) is 4.98 Å². The van der Waals surface area contributed by atoms with Crippen LogP contribution >= 0.6 is 11.3 Å². The molecule has 6 heteroatoms. The van der Waals surface area contributed by atoms with Crippen molar-refractivity contribution < 1.29 is 0 Å². The minimum absolute atomic E-state index is 0.142. The van der Waals surface area contributed by atoms with E-state index in [0.717, 1.165) is 45.4 Å². The van der Waals surface area contributed by atoms with Crippen molar-refractivity contribution in [2.45, 2.75) is 33.6 Å². The highest BCUT2D eigenvalue weighted by Crippen LogP contribution is 2.25. The van der Waals surface area contributed by atoms with Gasteiger partial charge in [0.05, 0.1) is 16.4 Å². The Labute approximate surface area is 136 Å². The van der Waals surface area contributed by atoms with Crippen molar-refractivity contribution in [2.75, 3.05) is 0 Å². The number of nitrogens with zero attached hydrogens (tertiary/aromatic N) is 4. The molecule has 4 aromatic rings. The van der Waals surface area contributed by atoms with Crippen LogP contribution in [-0.2, 0) is 6.42 Å². The number of aromatic nitrogens is 4. The zero-order valence-corrected chi connectivity index (χ0v) is 14.1. The van der Waals surface area contributed by atoms with Gasteiger partial charge in [-0.3, -0.25) is 9.78 Å². The van der Waals surface area contributed by atoms with Crippen molar-refractivity contribution in [1.82, 2.24) is 19.6 Å². The first kappa shape index (κ1) is 14.3. The topological polar surface area (TPSA) is 60.2 Å². The first-order valence-electron chi connectivity index (χ1n) is 7.67. The summed E-state index contributed by atoms with van der Waals surface area (Å²) in [4.78, 5) is 22.6. The van der Waals surface area contributed by atoms with E-state index >= 15 is 0 Å². The number of pyridine rings is 1. The Hall–Kier alpha value is -2.34. The second-order valence-electron chi connectivity index (χ2n) is 5.86. The lowest BCUT2D eigenvalue weighted by molar-refractivity contribution is 0.829. The van der Waals surface area contributed by atoms with Gasteiger partial charge in [-0.1, -0.05) is 29.9 Å². The van der Waals surface area contributed by atoms with Gasteiger partial charge in [-0.2, -0.15) is 9.61 Å². The molecule has 0 spiro atoms. The minimum Gasteiger partial charge on any atom is -0.266 e. The predicted molar refractivity (Wildman–Crippen MR) is 93.4 cm³/mol. The number of benzene rings is 1. The van der Waals surface area contributed by atoms with Crippen molar-refractivity contribution in [3.05, 3.63) is 44.8 Å². The van der Waals surface area contributed by atoms with E-state index in [9.17, 15) is 4.79 Å². The first-order valence-corrected chi connectivity index (χ1v) is 8.48. The SMILES string of the molecule is CCCc1nn2c(=O)c3cnc4c(C)cc(C)cc4c3nc2s1. The Morgan fingerprint density at radius 3 is 2.78 bits per heavy atom. The van der Waals surface area contributed by atoms with Gasteiger partial charge in [-0.15, -0.1) is 0 Å². The Morgan fingerprint density at radius 2 is 2.00 bits per heavy atom. The second-order valence-corrected chi connectivity index (χ2v) is 6.90. The highest BCUT2D eigenvalue weighted by molar-refractivity contribution is 7.16. The highest BCUT2D eigenvalue weighted by Gasteiger charge is 2.14. The van der Waals surface area contributed by atoms with E-state index in [1.165, 1.54) is 15.9 Å². The maximum absolute atomic E-state index is 12.7. The van der Waals surface area contributed by atoms with Gasteiger partial charge in [0.1, 0.15) is 5.01 Å². The number of fused-ring (bicyclic) bond motifs is 4. The zero-order chi connectivity index (χ0) is 16.1. The summed E-state index contributed by atoms with van der Waals surface area (Å²) in [6.07, 6.45) is 3.48. The van der Waals surface area contributed by atoms with E-state index in [1.807, 2.05) is 13.8 Å². The molecular weight excluding hydrogens is 308 g/mol. The number of hydrogen-bond donors (Lipinski definition) is 0. The molecule has 0 aliphatic carbocycles. The molecule has 0 amide bonds. The lowest BCUT2D eigenvalue weighted by Gasteiger charge is -2.06. The van der Waals surface area contributed by atoms with Gasteiger partial charge in [0.25, 0.3) is 5.56 Å². The van der Waals surface area contributed by atoms with E-state index in [0.29, 0.717) is 10.3 Å². The molecule has 0 atom stereocenters. The average molecular weight is 324 g/mol. The Balaban J connectivity index is 2.18. The third-order valence-corrected chi connectivity index (χ3v) is 4.94. The number of rotatable bonds is 2. The van der Waals surface area contributed by atoms with Crippen molar-refractivity contribution in [1.29, 1.82) is 0 Å². The predicted octanol–water partition coefficient (Wildman–Crippen LogP) is 3.42. The maximum atomic E-state index is 12.7. The van der Waals surface area contributed by atoms with Gasteiger partial charge in [0.15, 0.2) is 0 Å². The third-order valence-electron chi connectivity index (χ3n) is 3.97. The molecule has 23 heavy (non-hydrogen) atoms. The second kappa shape index (κ2) is 5.09. The maximum Gasteiger partial charge on any atom is 0.284 e. The molecule has 4 rings (SSSR count). The van der Waals surface area contributed by atoms with E-state index in [1.54, 1.807) is 6.20 Å². The molecule has 0 saturated carbocycles. The third kappa shape index (κ3) is 2.13. The molecule has 1 aromatic carbocycles. The minimum atomic E-state index is -0.142. The molecule has 116 valence electrons. The summed E-state index contributed by atoms with van der Waals surface area (Å²) < 4.78 is 1.41. The Kier molecular flexibility index (Phi) is 3.16. The molecule has 0 saturated heterocycles. The van der Waals surface area contributed by atoms with Crippen LogP contribution < -0.4 is 5.56 Å². The standard InChI is InChI=1S/C17H16N4OS/c1-4-5-13-20-21-16(22)12-8-18-14-10(3)6-9(2)7-11(14)15(12)19-17(21)23-13/h6-8H,4-5H2,1-3H3. The van der Waals surface area contributed by atoms with Crippen LogP contribution in [0.25, 0.3) is 26.8 Å². The smallest absolute Gasteiger partial charge is 0.266 e. The summed E-state index contributed by atoms with van der Waals surface area (Å²) in [6.45, 7) is 6.18. The van der Waals surface area contributed by atoms with Crippen molar-refractivity contribution in [3.63, 3.8) is 0 Å². The largest absolute Gasteiger partial charge is 0.284 e. The van der Waals surface area contributed by atoms with E-state index in [-0.39, 0.29) is 5.56 Å². The van der Waals surface area contributed by atoms with Crippen LogP contribution in [0.2, 0.25) is 0 Å². The van der Waals surface area contributed by atoms with Crippen LogP contribution in [-0.4, -0.2) is 19.6 Å². The van der Waals surface area contributed by atoms with Crippen molar-refractivity contribution >= 4 is 38.1 Å². The zero-order valence-electron chi connectivity index (χ0n) is 13.3. The van der Waals surface area contributed by atoms with Crippen LogP contribution in [0.5, 0.6) is 0 Å². The Morgan fingerprint density at radius 1 is 1.17 bits per heavy atom. The fourth-order valence-electron chi connectivity index (χ4n) is 2.97. The van der Waals surface area contributed by atoms with Crippen molar-refractivity contribution in [3.8, 4) is 0 Å². The summed E-state index contributed by atoms with van der Waals surface area (Å²) in [6, 6.07) is 4.15.